The number of halogens is 1. The van der Waals surface area contributed by atoms with Crippen molar-refractivity contribution in [3.05, 3.63) is 22.2 Å². The number of phenols is 1. The van der Waals surface area contributed by atoms with Crippen molar-refractivity contribution in [1.82, 2.24) is 0 Å². The van der Waals surface area contributed by atoms with Crippen LogP contribution < -0.4 is 4.74 Å². The molecule has 0 fully saturated rings. The molecule has 0 spiro atoms. The molecule has 0 radical (unpaired) electrons. The first kappa shape index (κ1) is 11.0. The lowest BCUT2D eigenvalue weighted by Crippen LogP contribution is -1.92. The quantitative estimate of drug-likeness (QED) is 0.844. The van der Waals surface area contributed by atoms with Crippen molar-refractivity contribution in [2.75, 3.05) is 7.11 Å². The Kier molecular flexibility index (Phi) is 3.95. The highest BCUT2D eigenvalue weighted by molar-refractivity contribution is 9.10. The zero-order valence-electron chi connectivity index (χ0n) is 7.79. The van der Waals surface area contributed by atoms with Gasteiger partial charge in [-0.3, -0.25) is 0 Å². The Bertz CT molecular complexity index is 336. The first-order valence-corrected chi connectivity index (χ1v) is 4.98. The SMILES string of the molecule is COc1c(Br)ccc(CCC=O)c1O. The van der Waals surface area contributed by atoms with Gasteiger partial charge in [-0.1, -0.05) is 6.07 Å². The summed E-state index contributed by atoms with van der Waals surface area (Å²) in [6, 6.07) is 3.56. The smallest absolute Gasteiger partial charge is 0.174 e. The van der Waals surface area contributed by atoms with E-state index in [0.29, 0.717) is 23.1 Å². The molecule has 1 aromatic rings. The highest BCUT2D eigenvalue weighted by Gasteiger charge is 2.10. The Morgan fingerprint density at radius 2 is 2.29 bits per heavy atom. The van der Waals surface area contributed by atoms with Crippen LogP contribution in [0.3, 0.4) is 0 Å². The second-order valence-corrected chi connectivity index (χ2v) is 3.65. The lowest BCUT2D eigenvalue weighted by molar-refractivity contribution is -0.107. The number of aldehydes is 1. The third kappa shape index (κ3) is 2.26. The molecule has 0 saturated heterocycles. The van der Waals surface area contributed by atoms with E-state index in [9.17, 15) is 9.90 Å². The molecular formula is C10H11BrO3. The van der Waals surface area contributed by atoms with Gasteiger partial charge < -0.3 is 14.6 Å². The molecule has 0 unspecified atom stereocenters. The van der Waals surface area contributed by atoms with E-state index < -0.39 is 0 Å². The fraction of sp³-hybridized carbons (Fsp3) is 0.300. The summed E-state index contributed by atoms with van der Waals surface area (Å²) in [4.78, 5) is 10.2. The second-order valence-electron chi connectivity index (χ2n) is 2.79. The number of aromatic hydroxyl groups is 1. The molecule has 1 rings (SSSR count). The molecule has 0 aliphatic carbocycles. The summed E-state index contributed by atoms with van der Waals surface area (Å²) in [5.41, 5.74) is 0.720. The van der Waals surface area contributed by atoms with Gasteiger partial charge in [0.15, 0.2) is 11.5 Å². The minimum Gasteiger partial charge on any atom is -0.504 e. The molecule has 1 N–H and O–H groups in total. The summed E-state index contributed by atoms with van der Waals surface area (Å²) in [6.07, 6.45) is 1.76. The number of methoxy groups -OCH3 is 1. The molecule has 0 atom stereocenters. The van der Waals surface area contributed by atoms with Gasteiger partial charge in [-0.2, -0.15) is 0 Å². The molecule has 76 valence electrons. The van der Waals surface area contributed by atoms with E-state index in [-0.39, 0.29) is 5.75 Å². The van der Waals surface area contributed by atoms with E-state index in [1.54, 1.807) is 12.1 Å². The first-order chi connectivity index (χ1) is 6.70. The van der Waals surface area contributed by atoms with Crippen LogP contribution in [0.25, 0.3) is 0 Å². The minimum absolute atomic E-state index is 0.101. The molecule has 0 aliphatic rings. The fourth-order valence-electron chi connectivity index (χ4n) is 1.20. The van der Waals surface area contributed by atoms with Gasteiger partial charge in [-0.05, 0) is 34.0 Å². The van der Waals surface area contributed by atoms with E-state index >= 15 is 0 Å². The van der Waals surface area contributed by atoms with Crippen molar-refractivity contribution >= 4 is 22.2 Å². The average molecular weight is 259 g/mol. The van der Waals surface area contributed by atoms with Gasteiger partial charge in [0.1, 0.15) is 6.29 Å². The molecule has 1 aromatic carbocycles. The van der Waals surface area contributed by atoms with Crippen molar-refractivity contribution in [3.63, 3.8) is 0 Å². The predicted molar refractivity (Wildman–Crippen MR) is 56.7 cm³/mol. The lowest BCUT2D eigenvalue weighted by atomic mass is 10.1. The second kappa shape index (κ2) is 5.00. The molecular weight excluding hydrogens is 248 g/mol. The highest BCUT2D eigenvalue weighted by Crippen LogP contribution is 2.37. The molecule has 0 aliphatic heterocycles. The van der Waals surface area contributed by atoms with Gasteiger partial charge in [0, 0.05) is 6.42 Å². The van der Waals surface area contributed by atoms with Crippen molar-refractivity contribution in [2.24, 2.45) is 0 Å². The number of hydrogen-bond acceptors (Lipinski definition) is 3. The van der Waals surface area contributed by atoms with Crippen molar-refractivity contribution in [1.29, 1.82) is 0 Å². The Morgan fingerprint density at radius 1 is 1.57 bits per heavy atom. The number of hydrogen-bond donors (Lipinski definition) is 1. The van der Waals surface area contributed by atoms with E-state index in [1.165, 1.54) is 7.11 Å². The summed E-state index contributed by atoms with van der Waals surface area (Å²) in [6.45, 7) is 0. The Hall–Kier alpha value is -1.03. The van der Waals surface area contributed by atoms with Crippen LogP contribution in [0.5, 0.6) is 11.5 Å². The van der Waals surface area contributed by atoms with E-state index in [0.717, 1.165) is 11.8 Å². The summed E-state index contributed by atoms with van der Waals surface area (Å²) >= 11 is 3.26. The first-order valence-electron chi connectivity index (χ1n) is 4.18. The maximum absolute atomic E-state index is 10.2. The zero-order chi connectivity index (χ0) is 10.6. The molecule has 0 amide bonds. The molecule has 3 nitrogen and oxygen atoms in total. The molecule has 0 saturated carbocycles. The molecule has 0 heterocycles. The maximum atomic E-state index is 10.2. The molecule has 0 aromatic heterocycles. The number of phenolic OH excluding ortho intramolecular Hbond substituents is 1. The lowest BCUT2D eigenvalue weighted by Gasteiger charge is -2.09. The van der Waals surface area contributed by atoms with Gasteiger partial charge in [0.25, 0.3) is 0 Å². The number of aryl methyl sites for hydroxylation is 1. The Labute approximate surface area is 90.8 Å². The van der Waals surface area contributed by atoms with Crippen LogP contribution in [0.1, 0.15) is 12.0 Å². The molecule has 14 heavy (non-hydrogen) atoms. The fourth-order valence-corrected chi connectivity index (χ4v) is 1.68. The zero-order valence-corrected chi connectivity index (χ0v) is 9.37. The van der Waals surface area contributed by atoms with E-state index in [4.69, 9.17) is 4.74 Å². The van der Waals surface area contributed by atoms with Crippen LogP contribution in [-0.2, 0) is 11.2 Å². The standard InChI is InChI=1S/C10H11BrO3/c1-14-10-8(11)5-4-7(9(10)13)3-2-6-12/h4-6,13H,2-3H2,1H3. The number of carbonyl (C=O) groups is 1. The predicted octanol–water partition coefficient (Wildman–Crippen LogP) is 2.29. The van der Waals surface area contributed by atoms with Crippen LogP contribution in [0.4, 0.5) is 0 Å². The Balaban J connectivity index is 3.01. The molecule has 4 heteroatoms. The van der Waals surface area contributed by atoms with Crippen LogP contribution in [0.2, 0.25) is 0 Å². The van der Waals surface area contributed by atoms with Crippen LogP contribution >= 0.6 is 15.9 Å². The van der Waals surface area contributed by atoms with E-state index in [2.05, 4.69) is 15.9 Å². The van der Waals surface area contributed by atoms with Gasteiger partial charge in [0.2, 0.25) is 0 Å². The van der Waals surface area contributed by atoms with Crippen molar-refractivity contribution < 1.29 is 14.6 Å². The number of carbonyl (C=O) groups excluding carboxylic acids is 1. The van der Waals surface area contributed by atoms with Gasteiger partial charge in [-0.15, -0.1) is 0 Å². The summed E-state index contributed by atoms with van der Waals surface area (Å²) in [7, 11) is 1.49. The van der Waals surface area contributed by atoms with Crippen molar-refractivity contribution in [2.45, 2.75) is 12.8 Å². The highest BCUT2D eigenvalue weighted by atomic mass is 79.9. The maximum Gasteiger partial charge on any atom is 0.174 e. The summed E-state index contributed by atoms with van der Waals surface area (Å²) in [5.74, 6) is 0.511. The van der Waals surface area contributed by atoms with Crippen LogP contribution in [0.15, 0.2) is 16.6 Å². The summed E-state index contributed by atoms with van der Waals surface area (Å²) < 4.78 is 5.71. The van der Waals surface area contributed by atoms with Crippen molar-refractivity contribution in [3.8, 4) is 11.5 Å². The summed E-state index contributed by atoms with van der Waals surface area (Å²) in [5, 5.41) is 9.73. The topological polar surface area (TPSA) is 46.5 Å². The Morgan fingerprint density at radius 3 is 2.86 bits per heavy atom. The van der Waals surface area contributed by atoms with Gasteiger partial charge in [-0.25, -0.2) is 0 Å². The van der Waals surface area contributed by atoms with Crippen LogP contribution in [-0.4, -0.2) is 18.5 Å². The minimum atomic E-state index is 0.101. The third-order valence-electron chi connectivity index (χ3n) is 1.90. The number of rotatable bonds is 4. The third-order valence-corrected chi connectivity index (χ3v) is 2.53. The van der Waals surface area contributed by atoms with Crippen LogP contribution in [0, 0.1) is 0 Å². The number of ether oxygens (including phenoxy) is 1. The largest absolute Gasteiger partial charge is 0.504 e. The average Bonchev–Trinajstić information content (AvgIpc) is 2.18. The monoisotopic (exact) mass is 258 g/mol. The number of benzene rings is 1. The van der Waals surface area contributed by atoms with Gasteiger partial charge >= 0.3 is 0 Å². The normalized spacial score (nSPS) is 9.86. The van der Waals surface area contributed by atoms with Gasteiger partial charge in [0.05, 0.1) is 11.6 Å². The van der Waals surface area contributed by atoms with E-state index in [1.807, 2.05) is 0 Å². The molecule has 0 bridgehead atoms.